The Balaban J connectivity index is 1.28. The number of hydrogen-bond acceptors (Lipinski definition) is 5. The van der Waals surface area contributed by atoms with Gasteiger partial charge in [-0.2, -0.15) is 4.31 Å². The fourth-order valence-electron chi connectivity index (χ4n) is 11.4. The maximum Gasteiger partial charge on any atom is 0.211 e. The molecular formula is C41H53F2NO5S. The van der Waals surface area contributed by atoms with Gasteiger partial charge in [0.05, 0.1) is 18.0 Å². The van der Waals surface area contributed by atoms with Crippen LogP contribution >= 0.6 is 0 Å². The first kappa shape index (κ1) is 35.9. The molecule has 2 N–H and O–H groups in total. The monoisotopic (exact) mass is 709 g/mol. The first-order valence-electron chi connectivity index (χ1n) is 18.7. The molecule has 0 saturated heterocycles. The molecule has 9 rings (SSSR count). The fraction of sp³-hybridized carbons (Fsp3) is 0.634. The van der Waals surface area contributed by atoms with Crippen molar-refractivity contribution in [1.29, 1.82) is 0 Å². The van der Waals surface area contributed by atoms with Gasteiger partial charge in [0.1, 0.15) is 0 Å². The van der Waals surface area contributed by atoms with Crippen LogP contribution in [0.3, 0.4) is 0 Å². The molecule has 7 aliphatic carbocycles. The molecular weight excluding hydrogens is 657 g/mol. The number of benzene rings is 2. The number of sulfonamides is 1. The van der Waals surface area contributed by atoms with Crippen LogP contribution in [0, 0.1) is 40.2 Å². The summed E-state index contributed by atoms with van der Waals surface area (Å²) in [6.45, 7) is 4.55. The van der Waals surface area contributed by atoms with Gasteiger partial charge < -0.3 is 10.2 Å². The maximum atomic E-state index is 14.4. The van der Waals surface area contributed by atoms with Crippen molar-refractivity contribution in [1.82, 2.24) is 4.31 Å². The Bertz CT molecular complexity index is 1760. The predicted molar refractivity (Wildman–Crippen MR) is 190 cm³/mol. The number of aliphatic hydroxyl groups is 2. The molecule has 5 saturated carbocycles. The van der Waals surface area contributed by atoms with E-state index in [1.165, 1.54) is 31.6 Å². The number of rotatable bonds is 7. The van der Waals surface area contributed by atoms with Gasteiger partial charge in [0.2, 0.25) is 10.0 Å². The second kappa shape index (κ2) is 13.2. The van der Waals surface area contributed by atoms with E-state index in [2.05, 4.69) is 13.0 Å². The van der Waals surface area contributed by atoms with E-state index in [0.29, 0.717) is 80.4 Å². The van der Waals surface area contributed by atoms with Crippen LogP contribution in [0.4, 0.5) is 8.78 Å². The molecule has 0 amide bonds. The SMILES string of the molecule is CC1=CCCC2(C)C(CCC2(O)CN(CC23CC4CC(CC(C4)C2)C3)S(C)(=O)=O)c2ccc(cc2C(=O)c2ccc(F)c(F)c2)CC(O)CC1. The van der Waals surface area contributed by atoms with Gasteiger partial charge in [-0.1, -0.05) is 30.7 Å². The van der Waals surface area contributed by atoms with E-state index in [1.54, 1.807) is 10.4 Å². The number of carbonyl (C=O) groups excluding carboxylic acids is 1. The highest BCUT2D eigenvalue weighted by Gasteiger charge is 2.59. The molecule has 2 aromatic carbocycles. The van der Waals surface area contributed by atoms with Gasteiger partial charge >= 0.3 is 0 Å². The molecule has 0 aliphatic heterocycles. The second-order valence-corrected chi connectivity index (χ2v) is 19.3. The van der Waals surface area contributed by atoms with Crippen LogP contribution in [0.25, 0.3) is 0 Å². The highest BCUT2D eigenvalue weighted by atomic mass is 32.2. The third-order valence-corrected chi connectivity index (χ3v) is 14.9. The Morgan fingerprint density at radius 1 is 0.940 bits per heavy atom. The average Bonchev–Trinajstić information content (AvgIpc) is 3.28. The standard InChI is InChI=1S/C41H53F2NO5S/c1-26-5-4-13-39(2)35(33-10-7-27(18-32(45)9-6-26)19-34(33)38(46)31-8-11-36(42)37(43)20-31)12-14-41(39,47)25-44(50(3,48)49)24-40-21-28-15-29(22-40)17-30(16-28)23-40/h5,7-8,10-11,19-20,28-30,32,35,45,47H,4,6,9,12-18,21-25H2,1-3H3. The van der Waals surface area contributed by atoms with Gasteiger partial charge in [-0.3, -0.25) is 4.79 Å². The Kier molecular flexibility index (Phi) is 9.48. The van der Waals surface area contributed by atoms with Crippen molar-refractivity contribution >= 4 is 15.8 Å². The molecule has 0 heterocycles. The zero-order valence-corrected chi connectivity index (χ0v) is 30.6. The van der Waals surface area contributed by atoms with E-state index in [9.17, 15) is 32.2 Å². The van der Waals surface area contributed by atoms with Crippen molar-refractivity contribution in [2.24, 2.45) is 28.6 Å². The van der Waals surface area contributed by atoms with Crippen molar-refractivity contribution in [2.45, 2.75) is 115 Å². The quantitative estimate of drug-likeness (QED) is 0.227. The van der Waals surface area contributed by atoms with E-state index in [1.807, 2.05) is 19.1 Å². The molecule has 0 aromatic heterocycles. The minimum Gasteiger partial charge on any atom is -0.393 e. The van der Waals surface area contributed by atoms with Crippen LogP contribution in [0.5, 0.6) is 0 Å². The normalized spacial score (nSPS) is 35.6. The summed E-state index contributed by atoms with van der Waals surface area (Å²) in [5, 5.41) is 23.8. The van der Waals surface area contributed by atoms with E-state index >= 15 is 0 Å². The summed E-state index contributed by atoms with van der Waals surface area (Å²) in [5.41, 5.74) is 0.767. The molecule has 6 nitrogen and oxygen atoms in total. The number of ketones is 1. The smallest absolute Gasteiger partial charge is 0.211 e. The molecule has 2 aromatic rings. The minimum absolute atomic E-state index is 0.00000879. The summed E-state index contributed by atoms with van der Waals surface area (Å²) in [6, 6.07) is 8.76. The van der Waals surface area contributed by atoms with Crippen LogP contribution in [-0.4, -0.2) is 59.8 Å². The highest BCUT2D eigenvalue weighted by molar-refractivity contribution is 7.88. The van der Waals surface area contributed by atoms with Crippen molar-refractivity contribution in [3.63, 3.8) is 0 Å². The molecule has 6 bridgehead atoms. The molecule has 7 aliphatic rings. The van der Waals surface area contributed by atoms with Crippen molar-refractivity contribution in [3.05, 3.63) is 81.9 Å². The average molecular weight is 710 g/mol. The van der Waals surface area contributed by atoms with Gasteiger partial charge in [0, 0.05) is 29.6 Å². The lowest BCUT2D eigenvalue weighted by Gasteiger charge is -2.58. The van der Waals surface area contributed by atoms with Crippen molar-refractivity contribution in [3.8, 4) is 0 Å². The molecule has 4 unspecified atom stereocenters. The Morgan fingerprint density at radius 2 is 1.62 bits per heavy atom. The molecule has 9 heteroatoms. The molecule has 0 spiro atoms. The minimum atomic E-state index is -3.66. The largest absolute Gasteiger partial charge is 0.393 e. The van der Waals surface area contributed by atoms with Gasteiger partial charge in [-0.05, 0) is 155 Å². The molecule has 4 atom stereocenters. The van der Waals surface area contributed by atoms with Crippen LogP contribution < -0.4 is 0 Å². The summed E-state index contributed by atoms with van der Waals surface area (Å²) in [5.74, 6) is -0.888. The lowest BCUT2D eigenvalue weighted by Crippen LogP contribution is -2.57. The first-order chi connectivity index (χ1) is 23.6. The first-order valence-corrected chi connectivity index (χ1v) is 20.6. The third kappa shape index (κ3) is 6.77. The van der Waals surface area contributed by atoms with Gasteiger partial charge in [0.25, 0.3) is 0 Å². The van der Waals surface area contributed by atoms with Crippen LogP contribution in [0.15, 0.2) is 48.0 Å². The second-order valence-electron chi connectivity index (χ2n) is 17.4. The van der Waals surface area contributed by atoms with Crippen LogP contribution in [0.2, 0.25) is 0 Å². The number of carbonyl (C=O) groups is 1. The number of allylic oxidation sites excluding steroid dienone is 2. The van der Waals surface area contributed by atoms with Gasteiger partial charge in [-0.15, -0.1) is 0 Å². The van der Waals surface area contributed by atoms with E-state index in [4.69, 9.17) is 0 Å². The third-order valence-electron chi connectivity index (χ3n) is 13.7. The Morgan fingerprint density at radius 3 is 2.26 bits per heavy atom. The van der Waals surface area contributed by atoms with Crippen LogP contribution in [0.1, 0.15) is 124 Å². The van der Waals surface area contributed by atoms with E-state index in [-0.39, 0.29) is 23.4 Å². The molecule has 0 radical (unpaired) electrons. The summed E-state index contributed by atoms with van der Waals surface area (Å²) < 4.78 is 57.2. The number of aliphatic hydroxyl groups excluding tert-OH is 1. The van der Waals surface area contributed by atoms with E-state index in [0.717, 1.165) is 42.5 Å². The molecule has 50 heavy (non-hydrogen) atoms. The van der Waals surface area contributed by atoms with Crippen molar-refractivity contribution < 1.29 is 32.2 Å². The molecule has 5 fully saturated rings. The molecule has 272 valence electrons. The highest BCUT2D eigenvalue weighted by Crippen LogP contribution is 2.62. The van der Waals surface area contributed by atoms with Crippen molar-refractivity contribution in [2.75, 3.05) is 19.3 Å². The number of hydrogen-bond donors (Lipinski definition) is 2. The Labute approximate surface area is 296 Å². The maximum absolute atomic E-state index is 14.4. The Hall–Kier alpha value is -2.46. The lowest BCUT2D eigenvalue weighted by atomic mass is 9.49. The van der Waals surface area contributed by atoms with Crippen LogP contribution in [-0.2, 0) is 16.4 Å². The van der Waals surface area contributed by atoms with Gasteiger partial charge in [0.15, 0.2) is 17.4 Å². The zero-order chi connectivity index (χ0) is 35.6. The topological polar surface area (TPSA) is 94.9 Å². The van der Waals surface area contributed by atoms with Gasteiger partial charge in [-0.25, -0.2) is 17.2 Å². The fourth-order valence-corrected chi connectivity index (χ4v) is 12.4. The number of halogens is 2. The lowest BCUT2D eigenvalue weighted by molar-refractivity contribution is -0.0919. The summed E-state index contributed by atoms with van der Waals surface area (Å²) in [6.07, 6.45) is 13.5. The summed E-state index contributed by atoms with van der Waals surface area (Å²) >= 11 is 0. The predicted octanol–water partition coefficient (Wildman–Crippen LogP) is 7.71. The zero-order valence-electron chi connectivity index (χ0n) is 29.8. The number of fused-ring (bicyclic) bond motifs is 8. The summed E-state index contributed by atoms with van der Waals surface area (Å²) in [4.78, 5) is 14.2. The summed E-state index contributed by atoms with van der Waals surface area (Å²) in [7, 11) is -3.66. The number of nitrogens with zero attached hydrogens (tertiary/aromatic N) is 1. The van der Waals surface area contributed by atoms with E-state index < -0.39 is 44.6 Å².